The molecule has 1 N–H and O–H groups in total. The molecule has 0 aliphatic carbocycles. The summed E-state index contributed by atoms with van der Waals surface area (Å²) in [6.07, 6.45) is 1.82. The van der Waals surface area contributed by atoms with Crippen LogP contribution in [0.5, 0.6) is 0 Å². The highest BCUT2D eigenvalue weighted by molar-refractivity contribution is 6.05. The van der Waals surface area contributed by atoms with Gasteiger partial charge in [-0.25, -0.2) is 9.67 Å². The van der Waals surface area contributed by atoms with Crippen molar-refractivity contribution in [2.24, 2.45) is 0 Å². The normalized spacial score (nSPS) is 11.0. The molecule has 2 aromatic heterocycles. The van der Waals surface area contributed by atoms with Gasteiger partial charge in [0.1, 0.15) is 5.82 Å². The first-order valence-electron chi connectivity index (χ1n) is 9.66. The second-order valence-electron chi connectivity index (χ2n) is 6.97. The molecular weight excluding hydrogens is 374 g/mol. The summed E-state index contributed by atoms with van der Waals surface area (Å²) in [5, 5.41) is 7.29. The lowest BCUT2D eigenvalue weighted by Crippen LogP contribution is -2.12. The van der Waals surface area contributed by atoms with Gasteiger partial charge in [0, 0.05) is 23.5 Å². The lowest BCUT2D eigenvalue weighted by Gasteiger charge is -2.07. The lowest BCUT2D eigenvalue weighted by molar-refractivity contribution is 0.102. The van der Waals surface area contributed by atoms with Crippen LogP contribution in [0.4, 0.5) is 5.82 Å². The van der Waals surface area contributed by atoms with Crippen molar-refractivity contribution in [1.29, 1.82) is 0 Å². The Bertz CT molecular complexity index is 1340. The third-order valence-corrected chi connectivity index (χ3v) is 4.95. The van der Waals surface area contributed by atoms with Crippen molar-refractivity contribution in [1.82, 2.24) is 19.3 Å². The number of nitrogens with zero attached hydrogens (tertiary/aromatic N) is 4. The summed E-state index contributed by atoms with van der Waals surface area (Å²) in [6.45, 7) is 1.96. The molecule has 0 aliphatic heterocycles. The fourth-order valence-corrected chi connectivity index (χ4v) is 3.55. The molecule has 0 saturated carbocycles. The number of imidazole rings is 1. The summed E-state index contributed by atoms with van der Waals surface area (Å²) in [5.74, 6) is 1.15. The van der Waals surface area contributed by atoms with Crippen LogP contribution in [-0.4, -0.2) is 25.2 Å². The summed E-state index contributed by atoms with van der Waals surface area (Å²) in [4.78, 5) is 17.4. The number of nitrogens with one attached hydrogen (secondary N) is 1. The average Bonchev–Trinajstić information content (AvgIpc) is 3.38. The van der Waals surface area contributed by atoms with E-state index in [1.807, 2.05) is 92.0 Å². The Morgan fingerprint density at radius 2 is 1.57 bits per heavy atom. The van der Waals surface area contributed by atoms with Gasteiger partial charge in [-0.3, -0.25) is 9.36 Å². The number of carbonyl (C=O) groups excluding carboxylic acids is 1. The van der Waals surface area contributed by atoms with Crippen molar-refractivity contribution in [2.75, 3.05) is 5.32 Å². The molecule has 0 atom stereocenters. The number of para-hydroxylation sites is 2. The smallest absolute Gasteiger partial charge is 0.256 e. The molecule has 6 nitrogen and oxygen atoms in total. The first-order chi connectivity index (χ1) is 14.7. The van der Waals surface area contributed by atoms with Crippen LogP contribution in [0, 0.1) is 6.92 Å². The van der Waals surface area contributed by atoms with Crippen LogP contribution in [0.3, 0.4) is 0 Å². The molecule has 5 rings (SSSR count). The molecule has 0 radical (unpaired) electrons. The number of hydrogen-bond donors (Lipinski definition) is 1. The Hall–Kier alpha value is -4.19. The number of aryl methyl sites for hydroxylation is 1. The van der Waals surface area contributed by atoms with Crippen molar-refractivity contribution in [3.8, 4) is 11.4 Å². The van der Waals surface area contributed by atoms with Crippen molar-refractivity contribution in [3.63, 3.8) is 0 Å². The van der Waals surface area contributed by atoms with E-state index < -0.39 is 0 Å². The number of amides is 1. The zero-order valence-corrected chi connectivity index (χ0v) is 16.4. The lowest BCUT2D eigenvalue weighted by atomic mass is 10.2. The largest absolute Gasteiger partial charge is 0.305 e. The average molecular weight is 393 g/mol. The third kappa shape index (κ3) is 3.24. The third-order valence-electron chi connectivity index (χ3n) is 4.95. The minimum Gasteiger partial charge on any atom is -0.305 e. The molecule has 0 unspecified atom stereocenters. The van der Waals surface area contributed by atoms with E-state index in [-0.39, 0.29) is 5.91 Å². The molecule has 6 heteroatoms. The van der Waals surface area contributed by atoms with Crippen LogP contribution in [0.2, 0.25) is 0 Å². The molecule has 0 fully saturated rings. The topological polar surface area (TPSA) is 64.7 Å². The van der Waals surface area contributed by atoms with E-state index in [0.29, 0.717) is 11.4 Å². The van der Waals surface area contributed by atoms with E-state index >= 15 is 0 Å². The maximum atomic E-state index is 12.8. The number of fused-ring (bicyclic) bond motifs is 1. The van der Waals surface area contributed by atoms with Crippen molar-refractivity contribution < 1.29 is 4.79 Å². The van der Waals surface area contributed by atoms with Crippen molar-refractivity contribution >= 4 is 22.8 Å². The van der Waals surface area contributed by atoms with Gasteiger partial charge in [0.05, 0.1) is 16.7 Å². The van der Waals surface area contributed by atoms with Crippen LogP contribution < -0.4 is 5.32 Å². The first kappa shape index (κ1) is 17.9. The Kier molecular flexibility index (Phi) is 4.37. The van der Waals surface area contributed by atoms with Crippen molar-refractivity contribution in [2.45, 2.75) is 6.92 Å². The summed E-state index contributed by atoms with van der Waals surface area (Å²) in [7, 11) is 0. The van der Waals surface area contributed by atoms with Gasteiger partial charge < -0.3 is 5.32 Å². The molecule has 0 aliphatic rings. The number of rotatable bonds is 4. The summed E-state index contributed by atoms with van der Waals surface area (Å²) >= 11 is 0. The molecule has 0 bridgehead atoms. The fraction of sp³-hybridized carbons (Fsp3) is 0.0417. The van der Waals surface area contributed by atoms with Crippen LogP contribution in [0.15, 0.2) is 91.1 Å². The van der Waals surface area contributed by atoms with Gasteiger partial charge in [-0.1, -0.05) is 36.4 Å². The maximum Gasteiger partial charge on any atom is 0.256 e. The summed E-state index contributed by atoms with van der Waals surface area (Å²) < 4.78 is 3.81. The van der Waals surface area contributed by atoms with Gasteiger partial charge in [-0.2, -0.15) is 5.10 Å². The summed E-state index contributed by atoms with van der Waals surface area (Å²) in [6, 6.07) is 27.1. The number of carbonyl (C=O) groups is 1. The van der Waals surface area contributed by atoms with E-state index in [9.17, 15) is 4.79 Å². The van der Waals surface area contributed by atoms with Gasteiger partial charge in [-0.05, 0) is 49.4 Å². The molecule has 30 heavy (non-hydrogen) atoms. The Labute approximate surface area is 173 Å². The molecule has 1 amide bonds. The fourth-order valence-electron chi connectivity index (χ4n) is 3.55. The predicted molar refractivity (Wildman–Crippen MR) is 117 cm³/mol. The number of aromatic nitrogens is 4. The molecule has 0 saturated heterocycles. The Morgan fingerprint density at radius 3 is 2.30 bits per heavy atom. The second-order valence-corrected chi connectivity index (χ2v) is 6.97. The monoisotopic (exact) mass is 393 g/mol. The highest BCUT2D eigenvalue weighted by Crippen LogP contribution is 2.22. The van der Waals surface area contributed by atoms with E-state index in [1.54, 1.807) is 10.7 Å². The Morgan fingerprint density at radius 1 is 0.867 bits per heavy atom. The minimum atomic E-state index is -0.220. The van der Waals surface area contributed by atoms with Crippen molar-refractivity contribution in [3.05, 3.63) is 103 Å². The molecule has 5 aromatic rings. The van der Waals surface area contributed by atoms with Gasteiger partial charge in [0.2, 0.25) is 0 Å². The molecular formula is C24H19N5O. The highest BCUT2D eigenvalue weighted by Gasteiger charge is 2.14. The van der Waals surface area contributed by atoms with Gasteiger partial charge in [0.25, 0.3) is 5.91 Å². The summed E-state index contributed by atoms with van der Waals surface area (Å²) in [5.41, 5.74) is 4.25. The zero-order valence-electron chi connectivity index (χ0n) is 16.4. The molecule has 146 valence electrons. The molecule has 0 spiro atoms. The van der Waals surface area contributed by atoms with Gasteiger partial charge in [-0.15, -0.1) is 0 Å². The van der Waals surface area contributed by atoms with E-state index in [1.165, 1.54) is 0 Å². The standard InChI is InChI=1S/C24H19N5O/c1-17-25-21-16-18(12-13-22(21)29(17)20-10-6-3-7-11-20)24(30)26-23-14-15-28(27-23)19-8-4-2-5-9-19/h2-16H,1H3,(H,26,27,30). The van der Waals surface area contributed by atoms with E-state index in [0.717, 1.165) is 28.2 Å². The number of benzene rings is 3. The van der Waals surface area contributed by atoms with Crippen LogP contribution in [0.1, 0.15) is 16.2 Å². The van der Waals surface area contributed by atoms with Crippen LogP contribution in [0.25, 0.3) is 22.4 Å². The first-order valence-corrected chi connectivity index (χ1v) is 9.66. The number of hydrogen-bond acceptors (Lipinski definition) is 3. The zero-order chi connectivity index (χ0) is 20.5. The SMILES string of the molecule is Cc1nc2cc(C(=O)Nc3ccn(-c4ccccc4)n3)ccc2n1-c1ccccc1. The molecule has 3 aromatic carbocycles. The maximum absolute atomic E-state index is 12.8. The van der Waals surface area contributed by atoms with Gasteiger partial charge in [0.15, 0.2) is 5.82 Å². The van der Waals surface area contributed by atoms with E-state index in [2.05, 4.69) is 20.0 Å². The predicted octanol–water partition coefficient (Wildman–Crippen LogP) is 4.77. The van der Waals surface area contributed by atoms with Crippen LogP contribution in [-0.2, 0) is 0 Å². The van der Waals surface area contributed by atoms with E-state index in [4.69, 9.17) is 0 Å². The minimum absolute atomic E-state index is 0.220. The number of anilines is 1. The van der Waals surface area contributed by atoms with Gasteiger partial charge >= 0.3 is 0 Å². The Balaban J connectivity index is 1.42. The highest BCUT2D eigenvalue weighted by atomic mass is 16.1. The quantitative estimate of drug-likeness (QED) is 0.478. The second kappa shape index (κ2) is 7.33. The molecule has 2 heterocycles. The van der Waals surface area contributed by atoms with Crippen LogP contribution >= 0.6 is 0 Å².